The van der Waals surface area contributed by atoms with E-state index in [0.29, 0.717) is 6.42 Å². The molecule has 7 nitrogen and oxygen atoms in total. The zero-order chi connectivity index (χ0) is 23.0. The minimum atomic E-state index is -0.482. The van der Waals surface area contributed by atoms with Crippen LogP contribution in [0.25, 0.3) is 0 Å². The first-order valence-corrected chi connectivity index (χ1v) is 10.1. The summed E-state index contributed by atoms with van der Waals surface area (Å²) in [6.45, 7) is 14.1. The summed E-state index contributed by atoms with van der Waals surface area (Å²) in [6.07, 6.45) is 7.57. The molecule has 0 aromatic rings. The standard InChI is InChI=1S/C11H21NO4.C7H16.C2H6.CH2O2/c1-11(2,3)12-8(10(14)16-5)6-7-9(13)15-4;1-3-5-7-6-4-2;1-2;2-1-3/h8,12H,6-7H2,1-5H3;3-7H2,1-2H3;1-2H3;1H,(H,2,3). The van der Waals surface area contributed by atoms with E-state index in [-0.39, 0.29) is 30.4 Å². The van der Waals surface area contributed by atoms with Gasteiger partial charge in [0.1, 0.15) is 6.04 Å². The Morgan fingerprint density at radius 1 is 1.00 bits per heavy atom. The van der Waals surface area contributed by atoms with E-state index in [1.807, 2.05) is 34.6 Å². The van der Waals surface area contributed by atoms with E-state index in [9.17, 15) is 9.59 Å². The molecule has 0 saturated heterocycles. The molecule has 0 rings (SSSR count). The number of hydrogen-bond donors (Lipinski definition) is 2. The van der Waals surface area contributed by atoms with Crippen molar-refractivity contribution in [1.82, 2.24) is 5.32 Å². The van der Waals surface area contributed by atoms with Crippen LogP contribution >= 0.6 is 0 Å². The minimum absolute atomic E-state index is 0.194. The number of ether oxygens (including phenoxy) is 2. The number of rotatable bonds is 9. The van der Waals surface area contributed by atoms with Gasteiger partial charge >= 0.3 is 11.9 Å². The molecule has 0 aromatic heterocycles. The van der Waals surface area contributed by atoms with Gasteiger partial charge in [-0.25, -0.2) is 0 Å². The number of methoxy groups -OCH3 is 2. The first kappa shape index (κ1) is 33.9. The van der Waals surface area contributed by atoms with Gasteiger partial charge in [-0.2, -0.15) is 0 Å². The summed E-state index contributed by atoms with van der Waals surface area (Å²) in [5, 5.41) is 9.99. The largest absolute Gasteiger partial charge is 0.483 e. The van der Waals surface area contributed by atoms with Crippen LogP contribution in [0.15, 0.2) is 0 Å². The van der Waals surface area contributed by atoms with E-state index in [2.05, 4.69) is 28.6 Å². The lowest BCUT2D eigenvalue weighted by atomic mass is 10.0. The highest BCUT2D eigenvalue weighted by molar-refractivity contribution is 5.77. The van der Waals surface area contributed by atoms with Crippen LogP contribution in [-0.4, -0.2) is 49.3 Å². The van der Waals surface area contributed by atoms with Crippen molar-refractivity contribution in [2.75, 3.05) is 14.2 Å². The maximum Gasteiger partial charge on any atom is 0.322 e. The van der Waals surface area contributed by atoms with Gasteiger partial charge in [-0.05, 0) is 27.2 Å². The quantitative estimate of drug-likeness (QED) is 0.328. The van der Waals surface area contributed by atoms with E-state index < -0.39 is 6.04 Å². The van der Waals surface area contributed by atoms with Crippen molar-refractivity contribution in [2.45, 2.75) is 105 Å². The normalized spacial score (nSPS) is 10.5. The number of nitrogens with one attached hydrogen (secondary N) is 1. The number of unbranched alkanes of at least 4 members (excludes halogenated alkanes) is 4. The maximum atomic E-state index is 11.5. The van der Waals surface area contributed by atoms with Gasteiger partial charge in [0.25, 0.3) is 6.47 Å². The van der Waals surface area contributed by atoms with Crippen LogP contribution in [0.4, 0.5) is 0 Å². The van der Waals surface area contributed by atoms with Crippen LogP contribution in [0.2, 0.25) is 0 Å². The third kappa shape index (κ3) is 32.1. The fraction of sp³-hybridized carbons (Fsp3) is 0.857. The Labute approximate surface area is 172 Å². The highest BCUT2D eigenvalue weighted by Gasteiger charge is 2.25. The van der Waals surface area contributed by atoms with Gasteiger partial charge < -0.3 is 14.6 Å². The molecule has 0 aromatic carbocycles. The molecule has 0 spiro atoms. The summed E-state index contributed by atoms with van der Waals surface area (Å²) in [4.78, 5) is 30.8. The van der Waals surface area contributed by atoms with Crippen LogP contribution in [-0.2, 0) is 23.9 Å². The van der Waals surface area contributed by atoms with Crippen LogP contribution in [0.3, 0.4) is 0 Å². The Balaban J connectivity index is -0.000000199. The minimum Gasteiger partial charge on any atom is -0.483 e. The van der Waals surface area contributed by atoms with Crippen LogP contribution < -0.4 is 5.32 Å². The van der Waals surface area contributed by atoms with Gasteiger partial charge in [0.2, 0.25) is 0 Å². The SMILES string of the molecule is CC.CCCCCCC.COC(=O)CCC(NC(C)(C)C)C(=O)OC.O=CO. The molecule has 0 saturated carbocycles. The van der Waals surface area contributed by atoms with Crippen molar-refractivity contribution in [3.8, 4) is 0 Å². The monoisotopic (exact) mass is 407 g/mol. The molecular weight excluding hydrogens is 362 g/mol. The van der Waals surface area contributed by atoms with Gasteiger partial charge in [0.15, 0.2) is 0 Å². The number of carbonyl (C=O) groups excluding carboxylic acids is 2. The van der Waals surface area contributed by atoms with Gasteiger partial charge in [0, 0.05) is 12.0 Å². The second-order valence-electron chi connectivity index (χ2n) is 6.75. The fourth-order valence-corrected chi connectivity index (χ4v) is 1.95. The van der Waals surface area contributed by atoms with Crippen molar-refractivity contribution >= 4 is 18.4 Å². The molecule has 0 aliphatic rings. The number of carbonyl (C=O) groups is 3. The number of esters is 2. The van der Waals surface area contributed by atoms with Crippen molar-refractivity contribution in [1.29, 1.82) is 0 Å². The van der Waals surface area contributed by atoms with Crippen LogP contribution in [0.1, 0.15) is 93.4 Å². The predicted molar refractivity (Wildman–Crippen MR) is 114 cm³/mol. The van der Waals surface area contributed by atoms with Crippen LogP contribution in [0, 0.1) is 0 Å². The molecular formula is C21H45NO6. The summed E-state index contributed by atoms with van der Waals surface area (Å²) < 4.78 is 9.20. The fourth-order valence-electron chi connectivity index (χ4n) is 1.95. The van der Waals surface area contributed by atoms with Crippen molar-refractivity contribution in [3.63, 3.8) is 0 Å². The highest BCUT2D eigenvalue weighted by atomic mass is 16.5. The molecule has 7 heteroatoms. The Bertz CT molecular complexity index is 349. The molecule has 0 radical (unpaired) electrons. The molecule has 2 N–H and O–H groups in total. The third-order valence-electron chi connectivity index (χ3n) is 3.16. The van der Waals surface area contributed by atoms with Crippen molar-refractivity contribution in [3.05, 3.63) is 0 Å². The van der Waals surface area contributed by atoms with E-state index in [1.165, 1.54) is 46.3 Å². The first-order valence-electron chi connectivity index (χ1n) is 10.1. The second-order valence-corrected chi connectivity index (χ2v) is 6.75. The second kappa shape index (κ2) is 25.4. The summed E-state index contributed by atoms with van der Waals surface area (Å²) in [5.74, 6) is -0.691. The van der Waals surface area contributed by atoms with E-state index in [0.717, 1.165) is 0 Å². The molecule has 28 heavy (non-hydrogen) atoms. The molecule has 0 fully saturated rings. The summed E-state index contributed by atoms with van der Waals surface area (Å²) in [5.41, 5.74) is -0.213. The lowest BCUT2D eigenvalue weighted by Crippen LogP contribution is -2.48. The van der Waals surface area contributed by atoms with Crippen LogP contribution in [0.5, 0.6) is 0 Å². The van der Waals surface area contributed by atoms with Gasteiger partial charge in [0.05, 0.1) is 14.2 Å². The molecule has 170 valence electrons. The van der Waals surface area contributed by atoms with Gasteiger partial charge in [-0.15, -0.1) is 0 Å². The van der Waals surface area contributed by atoms with E-state index in [4.69, 9.17) is 9.90 Å². The summed E-state index contributed by atoms with van der Waals surface area (Å²) >= 11 is 0. The topological polar surface area (TPSA) is 102 Å². The van der Waals surface area contributed by atoms with Gasteiger partial charge in [-0.1, -0.05) is 59.8 Å². The molecule has 1 atom stereocenters. The average molecular weight is 408 g/mol. The maximum absolute atomic E-state index is 11.5. The summed E-state index contributed by atoms with van der Waals surface area (Å²) in [7, 11) is 2.66. The van der Waals surface area contributed by atoms with E-state index in [1.54, 1.807) is 0 Å². The Kier molecular flexibility index (Phi) is 30.7. The predicted octanol–water partition coefficient (Wildman–Crippen LogP) is 4.57. The zero-order valence-corrected chi connectivity index (χ0v) is 19.6. The molecule has 0 aliphatic carbocycles. The molecule has 0 bridgehead atoms. The smallest absolute Gasteiger partial charge is 0.322 e. The average Bonchev–Trinajstić information content (AvgIpc) is 2.66. The first-order chi connectivity index (χ1) is 13.1. The Morgan fingerprint density at radius 3 is 1.71 bits per heavy atom. The van der Waals surface area contributed by atoms with E-state index >= 15 is 0 Å². The van der Waals surface area contributed by atoms with Crippen molar-refractivity contribution in [2.24, 2.45) is 0 Å². The Hall–Kier alpha value is -1.63. The lowest BCUT2D eigenvalue weighted by molar-refractivity contribution is -0.145. The molecule has 0 aliphatic heterocycles. The Morgan fingerprint density at radius 2 is 1.43 bits per heavy atom. The molecule has 0 amide bonds. The van der Waals surface area contributed by atoms with Gasteiger partial charge in [-0.3, -0.25) is 19.7 Å². The number of hydrogen-bond acceptors (Lipinski definition) is 6. The summed E-state index contributed by atoms with van der Waals surface area (Å²) in [6, 6.07) is -0.482. The zero-order valence-electron chi connectivity index (χ0n) is 19.6. The number of carboxylic acid groups (broad SMARTS) is 1. The molecule has 1 unspecified atom stereocenters. The highest BCUT2D eigenvalue weighted by Crippen LogP contribution is 2.08. The third-order valence-corrected chi connectivity index (χ3v) is 3.16. The van der Waals surface area contributed by atoms with Crippen molar-refractivity contribution < 1.29 is 29.0 Å². The lowest BCUT2D eigenvalue weighted by Gasteiger charge is -2.26. The molecule has 0 heterocycles.